The van der Waals surface area contributed by atoms with Gasteiger partial charge in [-0.3, -0.25) is 4.79 Å². The quantitative estimate of drug-likeness (QED) is 0.877. The molecular formula is C18H18N2OS. The SMILES string of the molecule is CCc1ccccc1NC(=O)CSCc1ccc(C#N)cc1. The van der Waals surface area contributed by atoms with E-state index in [-0.39, 0.29) is 5.91 Å². The molecule has 0 saturated heterocycles. The molecule has 1 amide bonds. The van der Waals surface area contributed by atoms with Gasteiger partial charge in [-0.05, 0) is 35.7 Å². The molecule has 112 valence electrons. The minimum absolute atomic E-state index is 0.0135. The van der Waals surface area contributed by atoms with Crippen LogP contribution in [0.2, 0.25) is 0 Å². The van der Waals surface area contributed by atoms with E-state index in [1.54, 1.807) is 23.9 Å². The number of rotatable bonds is 6. The molecular weight excluding hydrogens is 292 g/mol. The average molecular weight is 310 g/mol. The number of anilines is 1. The van der Waals surface area contributed by atoms with Crippen molar-refractivity contribution in [1.82, 2.24) is 0 Å². The van der Waals surface area contributed by atoms with Crippen LogP contribution in [0.1, 0.15) is 23.6 Å². The van der Waals surface area contributed by atoms with Crippen LogP contribution in [0.15, 0.2) is 48.5 Å². The van der Waals surface area contributed by atoms with Crippen LogP contribution in [-0.4, -0.2) is 11.7 Å². The van der Waals surface area contributed by atoms with Gasteiger partial charge in [0.15, 0.2) is 0 Å². The van der Waals surface area contributed by atoms with Crippen LogP contribution in [0.5, 0.6) is 0 Å². The Labute approximate surface area is 135 Å². The molecule has 0 aliphatic heterocycles. The van der Waals surface area contributed by atoms with E-state index in [1.165, 1.54) is 0 Å². The third-order valence-corrected chi connectivity index (χ3v) is 4.26. The first-order chi connectivity index (χ1) is 10.7. The molecule has 1 N–H and O–H groups in total. The summed E-state index contributed by atoms with van der Waals surface area (Å²) in [5.41, 5.74) is 3.82. The van der Waals surface area contributed by atoms with Gasteiger partial charge in [0.05, 0.1) is 17.4 Å². The van der Waals surface area contributed by atoms with Crippen LogP contribution >= 0.6 is 11.8 Å². The Morgan fingerprint density at radius 1 is 1.18 bits per heavy atom. The van der Waals surface area contributed by atoms with Crippen LogP contribution in [0.4, 0.5) is 5.69 Å². The fourth-order valence-electron chi connectivity index (χ4n) is 2.07. The van der Waals surface area contributed by atoms with E-state index in [1.807, 2.05) is 36.4 Å². The second-order valence-electron chi connectivity index (χ2n) is 4.86. The number of carbonyl (C=O) groups excluding carboxylic acids is 1. The first-order valence-corrected chi connectivity index (χ1v) is 8.33. The van der Waals surface area contributed by atoms with Crippen molar-refractivity contribution in [3.05, 3.63) is 65.2 Å². The highest BCUT2D eigenvalue weighted by molar-refractivity contribution is 7.99. The highest BCUT2D eigenvalue weighted by Crippen LogP contribution is 2.17. The van der Waals surface area contributed by atoms with Crippen molar-refractivity contribution in [2.24, 2.45) is 0 Å². The molecule has 0 aliphatic rings. The van der Waals surface area contributed by atoms with E-state index in [0.29, 0.717) is 11.3 Å². The minimum Gasteiger partial charge on any atom is -0.325 e. The van der Waals surface area contributed by atoms with Crippen molar-refractivity contribution in [2.45, 2.75) is 19.1 Å². The molecule has 0 aromatic heterocycles. The van der Waals surface area contributed by atoms with Crippen molar-refractivity contribution in [2.75, 3.05) is 11.1 Å². The maximum Gasteiger partial charge on any atom is 0.234 e. The smallest absolute Gasteiger partial charge is 0.234 e. The fraction of sp³-hybridized carbons (Fsp3) is 0.222. The Morgan fingerprint density at radius 3 is 2.59 bits per heavy atom. The highest BCUT2D eigenvalue weighted by atomic mass is 32.2. The number of nitrogens with zero attached hydrogens (tertiary/aromatic N) is 1. The summed E-state index contributed by atoms with van der Waals surface area (Å²) in [4.78, 5) is 12.0. The predicted molar refractivity (Wildman–Crippen MR) is 91.8 cm³/mol. The topological polar surface area (TPSA) is 52.9 Å². The number of amides is 1. The lowest BCUT2D eigenvalue weighted by Gasteiger charge is -2.09. The van der Waals surface area contributed by atoms with Gasteiger partial charge in [-0.15, -0.1) is 11.8 Å². The third kappa shape index (κ3) is 4.64. The standard InChI is InChI=1S/C18H18N2OS/c1-2-16-5-3-4-6-17(16)20-18(21)13-22-12-15-9-7-14(11-19)8-10-15/h3-10H,2,12-13H2,1H3,(H,20,21). The zero-order chi connectivity index (χ0) is 15.8. The predicted octanol–water partition coefficient (Wildman–Crippen LogP) is 3.99. The average Bonchev–Trinajstić information content (AvgIpc) is 2.56. The number of thioether (sulfide) groups is 1. The lowest BCUT2D eigenvalue weighted by Crippen LogP contribution is -2.15. The van der Waals surface area contributed by atoms with Crippen molar-refractivity contribution in [1.29, 1.82) is 5.26 Å². The van der Waals surface area contributed by atoms with Crippen LogP contribution in [-0.2, 0) is 17.0 Å². The molecule has 0 saturated carbocycles. The van der Waals surface area contributed by atoms with Crippen molar-refractivity contribution < 1.29 is 4.79 Å². The monoisotopic (exact) mass is 310 g/mol. The number of carbonyl (C=O) groups is 1. The Hall–Kier alpha value is -2.25. The summed E-state index contributed by atoms with van der Waals surface area (Å²) in [6.45, 7) is 2.07. The zero-order valence-electron chi connectivity index (χ0n) is 12.5. The number of hydrogen-bond acceptors (Lipinski definition) is 3. The summed E-state index contributed by atoms with van der Waals surface area (Å²) >= 11 is 1.57. The molecule has 0 unspecified atom stereocenters. The van der Waals surface area contributed by atoms with E-state index in [4.69, 9.17) is 5.26 Å². The minimum atomic E-state index is 0.0135. The first kappa shape index (κ1) is 16.1. The number of nitriles is 1. The molecule has 2 aromatic rings. The Kier molecular flexibility index (Phi) is 6.05. The van der Waals surface area contributed by atoms with Crippen LogP contribution in [0.3, 0.4) is 0 Å². The van der Waals surface area contributed by atoms with Crippen molar-refractivity contribution >= 4 is 23.4 Å². The van der Waals surface area contributed by atoms with Gasteiger partial charge in [-0.25, -0.2) is 0 Å². The molecule has 3 nitrogen and oxygen atoms in total. The molecule has 0 radical (unpaired) electrons. The molecule has 0 bridgehead atoms. The molecule has 2 rings (SSSR count). The van der Waals surface area contributed by atoms with E-state index >= 15 is 0 Å². The van der Waals surface area contributed by atoms with Gasteiger partial charge in [0.1, 0.15) is 0 Å². The van der Waals surface area contributed by atoms with Crippen LogP contribution in [0, 0.1) is 11.3 Å². The molecule has 4 heteroatoms. The van der Waals surface area contributed by atoms with E-state index in [0.717, 1.165) is 29.0 Å². The van der Waals surface area contributed by atoms with Gasteiger partial charge in [0.25, 0.3) is 0 Å². The molecule has 0 heterocycles. The van der Waals surface area contributed by atoms with Crippen LogP contribution < -0.4 is 5.32 Å². The van der Waals surface area contributed by atoms with Gasteiger partial charge >= 0.3 is 0 Å². The lowest BCUT2D eigenvalue weighted by molar-refractivity contribution is -0.113. The first-order valence-electron chi connectivity index (χ1n) is 7.17. The number of aryl methyl sites for hydroxylation is 1. The second-order valence-corrected chi connectivity index (χ2v) is 5.85. The van der Waals surface area contributed by atoms with Gasteiger partial charge < -0.3 is 5.32 Å². The molecule has 0 spiro atoms. The molecule has 0 fully saturated rings. The number of benzene rings is 2. The summed E-state index contributed by atoms with van der Waals surface area (Å²) in [7, 11) is 0. The zero-order valence-corrected chi connectivity index (χ0v) is 13.3. The largest absolute Gasteiger partial charge is 0.325 e. The van der Waals surface area contributed by atoms with Gasteiger partial charge in [0.2, 0.25) is 5.91 Å². The number of hydrogen-bond donors (Lipinski definition) is 1. The summed E-state index contributed by atoms with van der Waals surface area (Å²) in [5.74, 6) is 1.19. The van der Waals surface area contributed by atoms with Gasteiger partial charge in [0, 0.05) is 11.4 Å². The van der Waals surface area contributed by atoms with Gasteiger partial charge in [-0.2, -0.15) is 5.26 Å². The Morgan fingerprint density at radius 2 is 1.91 bits per heavy atom. The maximum atomic E-state index is 12.0. The summed E-state index contributed by atoms with van der Waals surface area (Å²) in [6, 6.07) is 17.4. The lowest BCUT2D eigenvalue weighted by atomic mass is 10.1. The maximum absolute atomic E-state index is 12.0. The van der Waals surface area contributed by atoms with Crippen LogP contribution in [0.25, 0.3) is 0 Å². The molecule has 2 aromatic carbocycles. The van der Waals surface area contributed by atoms with E-state index < -0.39 is 0 Å². The van der Waals surface area contributed by atoms with Crippen molar-refractivity contribution in [3.8, 4) is 6.07 Å². The second kappa shape index (κ2) is 8.26. The van der Waals surface area contributed by atoms with E-state index in [2.05, 4.69) is 18.3 Å². The van der Waals surface area contributed by atoms with Crippen molar-refractivity contribution in [3.63, 3.8) is 0 Å². The summed E-state index contributed by atoms with van der Waals surface area (Å²) in [5, 5.41) is 11.7. The summed E-state index contributed by atoms with van der Waals surface area (Å²) < 4.78 is 0. The molecule has 0 aliphatic carbocycles. The Bertz CT molecular complexity index is 674. The summed E-state index contributed by atoms with van der Waals surface area (Å²) in [6.07, 6.45) is 0.898. The molecule has 0 atom stereocenters. The molecule has 22 heavy (non-hydrogen) atoms. The van der Waals surface area contributed by atoms with E-state index in [9.17, 15) is 4.79 Å². The fourth-order valence-corrected chi connectivity index (χ4v) is 2.86. The normalized spacial score (nSPS) is 10.0. The highest BCUT2D eigenvalue weighted by Gasteiger charge is 2.06. The third-order valence-electron chi connectivity index (χ3n) is 3.26. The van der Waals surface area contributed by atoms with Gasteiger partial charge in [-0.1, -0.05) is 37.3 Å². The number of para-hydroxylation sites is 1. The Balaban J connectivity index is 1.81. The number of nitrogens with one attached hydrogen (secondary N) is 1.